The van der Waals surface area contributed by atoms with E-state index in [1.807, 2.05) is 6.26 Å². The van der Waals surface area contributed by atoms with Gasteiger partial charge < -0.3 is 15.6 Å². The number of fused-ring (bicyclic) bond motifs is 1. The van der Waals surface area contributed by atoms with E-state index in [1.54, 1.807) is 30.3 Å². The Kier molecular flexibility index (Phi) is 5.76. The SMILES string of the molecule is CSCC1=C(C(=O)O)N2C(=O)[C@@H](NC(=O)C(=NO)c3ccccc3)[C@@H]2SC1. The largest absolute Gasteiger partial charge is 0.477 e. The number of nitrogens with one attached hydrogen (secondary N) is 1. The maximum absolute atomic E-state index is 12.5. The molecule has 8 nitrogen and oxygen atoms in total. The average molecular weight is 407 g/mol. The Labute approximate surface area is 163 Å². The van der Waals surface area contributed by atoms with Crippen LogP contribution in [0.5, 0.6) is 0 Å². The van der Waals surface area contributed by atoms with Crippen molar-refractivity contribution in [2.45, 2.75) is 11.4 Å². The zero-order valence-corrected chi connectivity index (χ0v) is 15.9. The van der Waals surface area contributed by atoms with E-state index in [4.69, 9.17) is 0 Å². The van der Waals surface area contributed by atoms with Gasteiger partial charge in [-0.15, -0.1) is 11.8 Å². The van der Waals surface area contributed by atoms with Crippen LogP contribution in [0.2, 0.25) is 0 Å². The van der Waals surface area contributed by atoms with Gasteiger partial charge in [0.05, 0.1) is 0 Å². The normalized spacial score (nSPS) is 22.2. The molecule has 142 valence electrons. The molecule has 2 amide bonds. The smallest absolute Gasteiger partial charge is 0.352 e. The van der Waals surface area contributed by atoms with Crippen LogP contribution in [-0.4, -0.2) is 67.9 Å². The molecule has 0 bridgehead atoms. The first kappa shape index (κ1) is 19.3. The number of thioether (sulfide) groups is 2. The van der Waals surface area contributed by atoms with Gasteiger partial charge in [-0.1, -0.05) is 35.5 Å². The van der Waals surface area contributed by atoms with Crippen molar-refractivity contribution in [3.05, 3.63) is 47.2 Å². The molecule has 2 atom stereocenters. The molecule has 3 N–H and O–H groups in total. The molecule has 2 aliphatic rings. The summed E-state index contributed by atoms with van der Waals surface area (Å²) in [4.78, 5) is 37.9. The van der Waals surface area contributed by atoms with Gasteiger partial charge in [-0.25, -0.2) is 4.79 Å². The van der Waals surface area contributed by atoms with Gasteiger partial charge in [0.25, 0.3) is 11.8 Å². The quantitative estimate of drug-likeness (QED) is 0.278. The van der Waals surface area contributed by atoms with Crippen molar-refractivity contribution in [2.75, 3.05) is 17.8 Å². The molecule has 27 heavy (non-hydrogen) atoms. The van der Waals surface area contributed by atoms with Crippen LogP contribution < -0.4 is 5.32 Å². The van der Waals surface area contributed by atoms with Crippen LogP contribution in [-0.2, 0) is 14.4 Å². The number of carboxylic acids is 1. The van der Waals surface area contributed by atoms with Crippen LogP contribution in [0, 0.1) is 0 Å². The van der Waals surface area contributed by atoms with E-state index in [1.165, 1.54) is 28.4 Å². The summed E-state index contributed by atoms with van der Waals surface area (Å²) in [6, 6.07) is 7.50. The van der Waals surface area contributed by atoms with Crippen molar-refractivity contribution in [3.63, 3.8) is 0 Å². The Balaban J connectivity index is 1.77. The van der Waals surface area contributed by atoms with Gasteiger partial charge in [0, 0.05) is 17.1 Å². The van der Waals surface area contributed by atoms with Crippen LogP contribution in [0.15, 0.2) is 46.8 Å². The second-order valence-corrected chi connectivity index (χ2v) is 7.84. The van der Waals surface area contributed by atoms with E-state index in [0.29, 0.717) is 22.6 Å². The van der Waals surface area contributed by atoms with Crippen molar-refractivity contribution >= 4 is 47.0 Å². The third kappa shape index (κ3) is 3.54. The topological polar surface area (TPSA) is 119 Å². The first-order valence-corrected chi connectivity index (χ1v) is 10.4. The summed E-state index contributed by atoms with van der Waals surface area (Å²) < 4.78 is 0. The number of hydrogen-bond donors (Lipinski definition) is 3. The lowest BCUT2D eigenvalue weighted by atomic mass is 10.0. The molecular weight excluding hydrogens is 390 g/mol. The average Bonchev–Trinajstić information content (AvgIpc) is 2.67. The van der Waals surface area contributed by atoms with Gasteiger partial charge in [0.15, 0.2) is 5.71 Å². The van der Waals surface area contributed by atoms with E-state index in [9.17, 15) is 24.7 Å². The molecule has 0 saturated carbocycles. The van der Waals surface area contributed by atoms with E-state index >= 15 is 0 Å². The molecule has 10 heteroatoms. The number of benzene rings is 1. The van der Waals surface area contributed by atoms with Crippen LogP contribution in [0.25, 0.3) is 0 Å². The number of β-lactam (4-membered cyclic amide) rings is 1. The summed E-state index contributed by atoms with van der Waals surface area (Å²) in [7, 11) is 0. The third-order valence-corrected chi connectivity index (χ3v) is 6.19. The first-order valence-electron chi connectivity index (χ1n) is 7.96. The number of rotatable bonds is 6. The number of nitrogens with zero attached hydrogens (tertiary/aromatic N) is 2. The van der Waals surface area contributed by atoms with Gasteiger partial charge in [0.2, 0.25) is 0 Å². The molecule has 1 aromatic carbocycles. The molecular formula is C17H17N3O5S2. The highest BCUT2D eigenvalue weighted by atomic mass is 32.2. The molecule has 0 spiro atoms. The minimum atomic E-state index is -1.15. The molecule has 1 aromatic rings. The summed E-state index contributed by atoms with van der Waals surface area (Å²) in [6.45, 7) is 0. The predicted molar refractivity (Wildman–Crippen MR) is 103 cm³/mol. The number of carbonyl (C=O) groups is 3. The molecule has 0 aromatic heterocycles. The minimum Gasteiger partial charge on any atom is -0.477 e. The van der Waals surface area contributed by atoms with Gasteiger partial charge >= 0.3 is 5.97 Å². The second kappa shape index (κ2) is 8.05. The Bertz CT molecular complexity index is 840. The van der Waals surface area contributed by atoms with Gasteiger partial charge in [-0.2, -0.15) is 11.8 Å². The van der Waals surface area contributed by atoms with Crippen LogP contribution in [0.1, 0.15) is 5.56 Å². The standard InChI is InChI=1S/C17H17N3O5S2/c1-26-7-10-8-27-16-12(15(22)20(16)13(10)17(23)24)18-14(21)11(19-25)9-5-3-2-4-6-9/h2-6,12,16,25H,7-8H2,1H3,(H,18,21)(H,23,24)/t12-,16+/m1/s1. The first-order chi connectivity index (χ1) is 13.0. The second-order valence-electron chi connectivity index (χ2n) is 5.87. The van der Waals surface area contributed by atoms with E-state index in [-0.39, 0.29) is 11.4 Å². The Morgan fingerprint density at radius 1 is 1.37 bits per heavy atom. The number of oxime groups is 1. The lowest BCUT2D eigenvalue weighted by molar-refractivity contribution is -0.150. The molecule has 0 aliphatic carbocycles. The molecule has 2 heterocycles. The maximum atomic E-state index is 12.5. The van der Waals surface area contributed by atoms with E-state index in [0.717, 1.165) is 0 Å². The fourth-order valence-corrected chi connectivity index (χ4v) is 5.07. The number of aliphatic carboxylic acids is 1. The fourth-order valence-electron chi connectivity index (χ4n) is 3.01. The monoisotopic (exact) mass is 407 g/mol. The summed E-state index contributed by atoms with van der Waals surface area (Å²) in [6.07, 6.45) is 1.86. The molecule has 2 aliphatic heterocycles. The van der Waals surface area contributed by atoms with Gasteiger partial charge in [-0.05, 0) is 11.8 Å². The summed E-state index contributed by atoms with van der Waals surface area (Å²) in [5, 5.41) is 23.8. The maximum Gasteiger partial charge on any atom is 0.352 e. The van der Waals surface area contributed by atoms with Gasteiger partial charge in [0.1, 0.15) is 17.1 Å². The number of carboxylic acid groups (broad SMARTS) is 1. The molecule has 0 unspecified atom stereocenters. The van der Waals surface area contributed by atoms with Crippen molar-refractivity contribution in [1.82, 2.24) is 10.2 Å². The highest BCUT2D eigenvalue weighted by molar-refractivity contribution is 8.00. The highest BCUT2D eigenvalue weighted by Gasteiger charge is 2.54. The molecule has 1 fully saturated rings. The van der Waals surface area contributed by atoms with Crippen molar-refractivity contribution in [1.29, 1.82) is 0 Å². The molecule has 1 saturated heterocycles. The van der Waals surface area contributed by atoms with Gasteiger partial charge in [-0.3, -0.25) is 14.5 Å². The van der Waals surface area contributed by atoms with Crippen LogP contribution >= 0.6 is 23.5 Å². The van der Waals surface area contributed by atoms with E-state index < -0.39 is 29.2 Å². The summed E-state index contributed by atoms with van der Waals surface area (Å²) >= 11 is 2.89. The Morgan fingerprint density at radius 3 is 2.67 bits per heavy atom. The Morgan fingerprint density at radius 2 is 2.07 bits per heavy atom. The minimum absolute atomic E-state index is 0.00251. The number of hydrogen-bond acceptors (Lipinski definition) is 7. The van der Waals surface area contributed by atoms with Crippen LogP contribution in [0.4, 0.5) is 0 Å². The lowest BCUT2D eigenvalue weighted by Gasteiger charge is -2.49. The van der Waals surface area contributed by atoms with E-state index in [2.05, 4.69) is 10.5 Å². The zero-order valence-electron chi connectivity index (χ0n) is 14.3. The van der Waals surface area contributed by atoms with Crippen LogP contribution in [0.3, 0.4) is 0 Å². The molecule has 0 radical (unpaired) electrons. The zero-order chi connectivity index (χ0) is 19.6. The number of carbonyl (C=O) groups excluding carboxylic acids is 2. The van der Waals surface area contributed by atoms with Crippen molar-refractivity contribution in [3.8, 4) is 0 Å². The fraction of sp³-hybridized carbons (Fsp3) is 0.294. The number of amides is 2. The Hall–Kier alpha value is -2.46. The lowest BCUT2D eigenvalue weighted by Crippen LogP contribution is -2.71. The van der Waals surface area contributed by atoms with Crippen molar-refractivity contribution in [2.24, 2.45) is 5.16 Å². The third-order valence-electron chi connectivity index (χ3n) is 4.22. The highest BCUT2D eigenvalue weighted by Crippen LogP contribution is 2.40. The predicted octanol–water partition coefficient (Wildman–Crippen LogP) is 0.967. The van der Waals surface area contributed by atoms with Crippen molar-refractivity contribution < 1.29 is 24.7 Å². The summed E-state index contributed by atoms with van der Waals surface area (Å²) in [5.74, 6) is -1.33. The molecule has 3 rings (SSSR count). The summed E-state index contributed by atoms with van der Waals surface area (Å²) in [5.41, 5.74) is 0.893.